The number of carbonyl (C=O) groups excluding carboxylic acids is 1. The number of likely N-dealkylation sites (tertiary alicyclic amines) is 1. The van der Waals surface area contributed by atoms with Crippen molar-refractivity contribution >= 4 is 5.91 Å². The lowest BCUT2D eigenvalue weighted by molar-refractivity contribution is -0.143. The number of nitrogens with zero attached hydrogens (tertiary/aromatic N) is 4. The molecule has 0 saturated carbocycles. The van der Waals surface area contributed by atoms with Gasteiger partial charge >= 0.3 is 0 Å². The Labute approximate surface area is 148 Å². The van der Waals surface area contributed by atoms with Crippen LogP contribution in [0.4, 0.5) is 0 Å². The summed E-state index contributed by atoms with van der Waals surface area (Å²) in [5.41, 5.74) is -0.334. The van der Waals surface area contributed by atoms with Crippen LogP contribution in [0, 0.1) is 0 Å². The molecule has 25 heavy (non-hydrogen) atoms. The summed E-state index contributed by atoms with van der Waals surface area (Å²) in [6.07, 6.45) is 8.61. The van der Waals surface area contributed by atoms with Crippen molar-refractivity contribution < 1.29 is 9.90 Å². The molecule has 2 aromatic rings. The fourth-order valence-corrected chi connectivity index (χ4v) is 3.50. The molecule has 1 aliphatic rings. The normalized spacial score (nSPS) is 16.6. The van der Waals surface area contributed by atoms with Crippen LogP contribution in [0.15, 0.2) is 49.1 Å². The molecule has 0 aromatic carbocycles. The van der Waals surface area contributed by atoms with E-state index in [-0.39, 0.29) is 5.91 Å². The summed E-state index contributed by atoms with van der Waals surface area (Å²) in [6, 6.07) is 6.45. The van der Waals surface area contributed by atoms with Crippen molar-refractivity contribution in [2.45, 2.75) is 24.5 Å². The number of hydrogen-bond donors (Lipinski definition) is 1. The fourth-order valence-electron chi connectivity index (χ4n) is 3.50. The van der Waals surface area contributed by atoms with Gasteiger partial charge in [-0.15, -0.1) is 0 Å². The zero-order valence-corrected chi connectivity index (χ0v) is 14.7. The molecular weight excluding hydrogens is 316 g/mol. The lowest BCUT2D eigenvalue weighted by Crippen LogP contribution is -2.58. The first-order chi connectivity index (χ1) is 12.0. The molecule has 0 spiro atoms. The Morgan fingerprint density at radius 1 is 1.12 bits per heavy atom. The van der Waals surface area contributed by atoms with Gasteiger partial charge in [-0.05, 0) is 38.1 Å². The zero-order valence-electron chi connectivity index (χ0n) is 14.7. The Hall–Kier alpha value is -2.31. The van der Waals surface area contributed by atoms with Gasteiger partial charge in [0.1, 0.15) is 11.6 Å². The maximum atomic E-state index is 13.1. The summed E-state index contributed by atoms with van der Waals surface area (Å²) in [5, 5.41) is 11.9. The van der Waals surface area contributed by atoms with Crippen LogP contribution in [0.5, 0.6) is 0 Å². The van der Waals surface area contributed by atoms with Crippen LogP contribution in [0.1, 0.15) is 24.0 Å². The Kier molecular flexibility index (Phi) is 5.11. The largest absolute Gasteiger partial charge is 0.378 e. The molecule has 0 radical (unpaired) electrons. The van der Waals surface area contributed by atoms with Gasteiger partial charge in [-0.3, -0.25) is 19.7 Å². The predicted molar refractivity (Wildman–Crippen MR) is 94.8 cm³/mol. The molecule has 6 heteroatoms. The topological polar surface area (TPSA) is 69.6 Å². The van der Waals surface area contributed by atoms with Crippen LogP contribution < -0.4 is 0 Å². The molecule has 1 amide bonds. The SMILES string of the molecule is CN(C)C(=O)C(N1CCCC1)C(O)(c1cccnc1)c1cccnc1. The van der Waals surface area contributed by atoms with Crippen molar-refractivity contribution in [1.29, 1.82) is 0 Å². The van der Waals surface area contributed by atoms with Crippen molar-refractivity contribution in [2.75, 3.05) is 27.2 Å². The summed E-state index contributed by atoms with van der Waals surface area (Å²) >= 11 is 0. The maximum absolute atomic E-state index is 13.1. The second kappa shape index (κ2) is 7.29. The van der Waals surface area contributed by atoms with Gasteiger partial charge in [0.15, 0.2) is 0 Å². The van der Waals surface area contributed by atoms with Gasteiger partial charge in [0, 0.05) is 50.0 Å². The highest BCUT2D eigenvalue weighted by Crippen LogP contribution is 2.37. The van der Waals surface area contributed by atoms with Gasteiger partial charge in [0.05, 0.1) is 0 Å². The first-order valence-corrected chi connectivity index (χ1v) is 8.53. The van der Waals surface area contributed by atoms with Gasteiger partial charge < -0.3 is 10.0 Å². The van der Waals surface area contributed by atoms with E-state index in [1.54, 1.807) is 55.9 Å². The molecule has 3 heterocycles. The van der Waals surface area contributed by atoms with Crippen LogP contribution in [-0.2, 0) is 10.4 Å². The van der Waals surface area contributed by atoms with Crippen molar-refractivity contribution in [1.82, 2.24) is 19.8 Å². The number of likely N-dealkylation sites (N-methyl/N-ethyl adjacent to an activating group) is 1. The second-order valence-corrected chi connectivity index (χ2v) is 6.63. The van der Waals surface area contributed by atoms with Crippen molar-refractivity contribution in [3.05, 3.63) is 60.2 Å². The molecular formula is C19H24N4O2. The standard InChI is InChI=1S/C19H24N4O2/c1-22(2)18(24)17(23-11-3-4-12-23)19(25,15-7-5-9-20-13-15)16-8-6-10-21-14-16/h5-10,13-14,17,25H,3-4,11-12H2,1-2H3. The Morgan fingerprint density at radius 3 is 2.04 bits per heavy atom. The van der Waals surface area contributed by atoms with E-state index < -0.39 is 11.6 Å². The first kappa shape index (κ1) is 17.5. The predicted octanol–water partition coefficient (Wildman–Crippen LogP) is 1.27. The Bertz CT molecular complexity index is 660. The smallest absolute Gasteiger partial charge is 0.243 e. The number of rotatable bonds is 5. The summed E-state index contributed by atoms with van der Waals surface area (Å²) < 4.78 is 0. The maximum Gasteiger partial charge on any atom is 0.243 e. The average Bonchev–Trinajstić information content (AvgIpc) is 3.17. The number of aliphatic hydroxyl groups is 1. The van der Waals surface area contributed by atoms with Crippen LogP contribution in [0.2, 0.25) is 0 Å². The summed E-state index contributed by atoms with van der Waals surface area (Å²) in [7, 11) is 3.44. The van der Waals surface area contributed by atoms with Gasteiger partial charge in [0.25, 0.3) is 0 Å². The number of aromatic nitrogens is 2. The minimum Gasteiger partial charge on any atom is -0.378 e. The third-order valence-corrected chi connectivity index (χ3v) is 4.78. The van der Waals surface area contributed by atoms with Gasteiger partial charge in [0.2, 0.25) is 5.91 Å². The summed E-state index contributed by atoms with van der Waals surface area (Å²) in [4.78, 5) is 25.1. The number of hydrogen-bond acceptors (Lipinski definition) is 5. The van der Waals surface area contributed by atoms with Crippen molar-refractivity contribution in [3.8, 4) is 0 Å². The molecule has 1 atom stereocenters. The molecule has 132 valence electrons. The quantitative estimate of drug-likeness (QED) is 0.887. The van der Waals surface area contributed by atoms with E-state index >= 15 is 0 Å². The van der Waals surface area contributed by atoms with E-state index in [1.807, 2.05) is 12.1 Å². The monoisotopic (exact) mass is 340 g/mol. The van der Waals surface area contributed by atoms with E-state index in [0.29, 0.717) is 11.1 Å². The lowest BCUT2D eigenvalue weighted by Gasteiger charge is -2.41. The van der Waals surface area contributed by atoms with Crippen LogP contribution in [-0.4, -0.2) is 64.0 Å². The molecule has 1 fully saturated rings. The fraction of sp³-hybridized carbons (Fsp3) is 0.421. The third-order valence-electron chi connectivity index (χ3n) is 4.78. The van der Waals surface area contributed by atoms with E-state index in [4.69, 9.17) is 0 Å². The molecule has 0 bridgehead atoms. The van der Waals surface area contributed by atoms with Crippen molar-refractivity contribution in [2.24, 2.45) is 0 Å². The molecule has 0 aliphatic carbocycles. The highest BCUT2D eigenvalue weighted by Gasteiger charge is 2.49. The Balaban J connectivity index is 2.18. The summed E-state index contributed by atoms with van der Waals surface area (Å²) in [5.74, 6) is -0.128. The van der Waals surface area contributed by atoms with Crippen LogP contribution in [0.25, 0.3) is 0 Å². The van der Waals surface area contributed by atoms with E-state index in [1.165, 1.54) is 0 Å². The highest BCUT2D eigenvalue weighted by molar-refractivity contribution is 5.84. The minimum absolute atomic E-state index is 0.128. The number of amides is 1. The average molecular weight is 340 g/mol. The lowest BCUT2D eigenvalue weighted by atomic mass is 9.80. The first-order valence-electron chi connectivity index (χ1n) is 8.53. The molecule has 3 rings (SSSR count). The van der Waals surface area contributed by atoms with E-state index in [2.05, 4.69) is 14.9 Å². The van der Waals surface area contributed by atoms with Crippen LogP contribution >= 0.6 is 0 Å². The zero-order chi connectivity index (χ0) is 17.9. The number of pyridine rings is 2. The third kappa shape index (κ3) is 3.27. The van der Waals surface area contributed by atoms with E-state index in [0.717, 1.165) is 25.9 Å². The van der Waals surface area contributed by atoms with Gasteiger partial charge in [-0.25, -0.2) is 0 Å². The van der Waals surface area contributed by atoms with Gasteiger partial charge in [-0.1, -0.05) is 12.1 Å². The van der Waals surface area contributed by atoms with Crippen molar-refractivity contribution in [3.63, 3.8) is 0 Å². The second-order valence-electron chi connectivity index (χ2n) is 6.63. The van der Waals surface area contributed by atoms with Gasteiger partial charge in [-0.2, -0.15) is 0 Å². The minimum atomic E-state index is -1.52. The molecule has 1 saturated heterocycles. The summed E-state index contributed by atoms with van der Waals surface area (Å²) in [6.45, 7) is 1.57. The molecule has 1 N–H and O–H groups in total. The molecule has 1 aliphatic heterocycles. The Morgan fingerprint density at radius 2 is 1.64 bits per heavy atom. The molecule has 6 nitrogen and oxygen atoms in total. The van der Waals surface area contributed by atoms with Crippen LogP contribution in [0.3, 0.4) is 0 Å². The van der Waals surface area contributed by atoms with E-state index in [9.17, 15) is 9.90 Å². The molecule has 1 unspecified atom stereocenters. The highest BCUT2D eigenvalue weighted by atomic mass is 16.3. The molecule has 2 aromatic heterocycles. The number of carbonyl (C=O) groups is 1.